The van der Waals surface area contributed by atoms with E-state index in [0.29, 0.717) is 17.8 Å². The highest BCUT2D eigenvalue weighted by atomic mass is 16.5. The van der Waals surface area contributed by atoms with E-state index in [9.17, 15) is 9.59 Å². The molecule has 1 aliphatic heterocycles. The molecule has 0 aliphatic carbocycles. The van der Waals surface area contributed by atoms with Crippen molar-refractivity contribution in [3.8, 4) is 0 Å². The van der Waals surface area contributed by atoms with Crippen molar-refractivity contribution >= 4 is 23.4 Å². The van der Waals surface area contributed by atoms with Gasteiger partial charge in [-0.25, -0.2) is 14.6 Å². The van der Waals surface area contributed by atoms with Gasteiger partial charge >= 0.3 is 12.0 Å². The number of urea groups is 1. The van der Waals surface area contributed by atoms with Gasteiger partial charge in [-0.05, 0) is 49.2 Å². The monoisotopic (exact) mass is 427 g/mol. The van der Waals surface area contributed by atoms with Crippen molar-refractivity contribution in [1.29, 1.82) is 0 Å². The van der Waals surface area contributed by atoms with Gasteiger partial charge in [0.25, 0.3) is 0 Å². The third-order valence-corrected chi connectivity index (χ3v) is 5.13. The van der Waals surface area contributed by atoms with Gasteiger partial charge in [0, 0.05) is 11.6 Å². The molecule has 1 heterocycles. The fourth-order valence-corrected chi connectivity index (χ4v) is 3.60. The van der Waals surface area contributed by atoms with Gasteiger partial charge in [-0.1, -0.05) is 60.7 Å². The molecule has 0 fully saturated rings. The van der Waals surface area contributed by atoms with Crippen LogP contribution >= 0.6 is 0 Å². The molecule has 6 heteroatoms. The first-order valence-electron chi connectivity index (χ1n) is 10.6. The molecular formula is C26H25N3O3. The average molecular weight is 428 g/mol. The smallest absolute Gasteiger partial charge is 0.342 e. The number of benzene rings is 3. The summed E-state index contributed by atoms with van der Waals surface area (Å²) in [6.45, 7) is 4.05. The first-order chi connectivity index (χ1) is 15.5. The van der Waals surface area contributed by atoms with Crippen LogP contribution in [0.4, 0.5) is 10.5 Å². The lowest BCUT2D eigenvalue weighted by atomic mass is 9.91. The van der Waals surface area contributed by atoms with E-state index in [2.05, 4.69) is 22.6 Å². The first kappa shape index (κ1) is 21.3. The summed E-state index contributed by atoms with van der Waals surface area (Å²) in [4.78, 5) is 25.0. The van der Waals surface area contributed by atoms with E-state index in [1.807, 2.05) is 48.5 Å². The van der Waals surface area contributed by atoms with E-state index < -0.39 is 0 Å². The van der Waals surface area contributed by atoms with Crippen molar-refractivity contribution < 1.29 is 14.3 Å². The minimum atomic E-state index is -0.389. The van der Waals surface area contributed by atoms with Crippen molar-refractivity contribution in [3.63, 3.8) is 0 Å². The van der Waals surface area contributed by atoms with Gasteiger partial charge in [-0.2, -0.15) is 5.10 Å². The van der Waals surface area contributed by atoms with Gasteiger partial charge in [0.05, 0.1) is 23.9 Å². The summed E-state index contributed by atoms with van der Waals surface area (Å²) < 4.78 is 5.19. The molecule has 1 unspecified atom stereocenters. The quantitative estimate of drug-likeness (QED) is 0.563. The number of carbonyl (C=O) groups excluding carboxylic acids is 2. The summed E-state index contributed by atoms with van der Waals surface area (Å²) in [6.07, 6.45) is -0.189. The minimum Gasteiger partial charge on any atom is -0.459 e. The van der Waals surface area contributed by atoms with Crippen LogP contribution < -0.4 is 5.32 Å². The zero-order chi connectivity index (χ0) is 22.5. The van der Waals surface area contributed by atoms with Gasteiger partial charge in [-0.3, -0.25) is 0 Å². The molecule has 32 heavy (non-hydrogen) atoms. The maximum Gasteiger partial charge on any atom is 0.342 e. The number of nitrogens with zero attached hydrogens (tertiary/aromatic N) is 2. The molecule has 162 valence electrons. The predicted octanol–water partition coefficient (Wildman–Crippen LogP) is 5.29. The average Bonchev–Trinajstić information content (AvgIpc) is 3.26. The molecule has 1 aliphatic rings. The fourth-order valence-electron chi connectivity index (χ4n) is 3.60. The molecular weight excluding hydrogens is 402 g/mol. The van der Waals surface area contributed by atoms with Crippen LogP contribution in [-0.2, 0) is 4.74 Å². The summed E-state index contributed by atoms with van der Waals surface area (Å²) >= 11 is 0. The van der Waals surface area contributed by atoms with Crippen molar-refractivity contribution in [2.24, 2.45) is 5.10 Å². The van der Waals surface area contributed by atoms with E-state index in [0.717, 1.165) is 16.8 Å². The number of esters is 1. The Morgan fingerprint density at radius 3 is 2.19 bits per heavy atom. The molecule has 0 saturated carbocycles. The van der Waals surface area contributed by atoms with Crippen LogP contribution in [0.25, 0.3) is 0 Å². The molecule has 0 saturated heterocycles. The van der Waals surface area contributed by atoms with Crippen molar-refractivity contribution in [1.82, 2.24) is 5.01 Å². The molecule has 1 atom stereocenters. The van der Waals surface area contributed by atoms with Crippen LogP contribution in [0.3, 0.4) is 0 Å². The molecule has 2 amide bonds. The zero-order valence-electron chi connectivity index (χ0n) is 18.1. The van der Waals surface area contributed by atoms with Gasteiger partial charge in [0.1, 0.15) is 0 Å². The normalized spacial score (nSPS) is 15.4. The van der Waals surface area contributed by atoms with E-state index in [1.165, 1.54) is 5.01 Å². The molecule has 3 aromatic carbocycles. The summed E-state index contributed by atoms with van der Waals surface area (Å²) in [5.41, 5.74) is 3.98. The number of hydrazone groups is 1. The number of anilines is 1. The predicted molar refractivity (Wildman–Crippen MR) is 125 cm³/mol. The molecule has 3 aromatic rings. The maximum atomic E-state index is 12.9. The molecule has 4 rings (SSSR count). The highest BCUT2D eigenvalue weighted by Gasteiger charge is 2.32. The highest BCUT2D eigenvalue weighted by Crippen LogP contribution is 2.29. The van der Waals surface area contributed by atoms with Crippen LogP contribution in [0.5, 0.6) is 0 Å². The topological polar surface area (TPSA) is 71.0 Å². The summed E-state index contributed by atoms with van der Waals surface area (Å²) in [6, 6.07) is 26.3. The molecule has 6 nitrogen and oxygen atoms in total. The lowest BCUT2D eigenvalue weighted by Crippen LogP contribution is -2.30. The van der Waals surface area contributed by atoms with E-state index in [1.54, 1.807) is 38.1 Å². The van der Waals surface area contributed by atoms with Gasteiger partial charge in [0.2, 0.25) is 0 Å². The van der Waals surface area contributed by atoms with Crippen LogP contribution in [0.15, 0.2) is 90.0 Å². The highest BCUT2D eigenvalue weighted by molar-refractivity contribution is 6.07. The molecule has 1 N–H and O–H groups in total. The second kappa shape index (κ2) is 9.47. The summed E-state index contributed by atoms with van der Waals surface area (Å²) in [5.74, 6) is -0.405. The molecule has 0 spiro atoms. The molecule has 0 radical (unpaired) electrons. The number of nitrogens with one attached hydrogen (secondary N) is 1. The Balaban J connectivity index is 1.51. The fraction of sp³-hybridized carbons (Fsp3) is 0.192. The lowest BCUT2D eigenvalue weighted by molar-refractivity contribution is 0.0378. The lowest BCUT2D eigenvalue weighted by Gasteiger charge is -2.16. The van der Waals surface area contributed by atoms with Crippen LogP contribution in [0, 0.1) is 0 Å². The van der Waals surface area contributed by atoms with Crippen LogP contribution in [0.1, 0.15) is 41.3 Å². The summed E-state index contributed by atoms with van der Waals surface area (Å²) in [7, 11) is 0. The van der Waals surface area contributed by atoms with Gasteiger partial charge in [-0.15, -0.1) is 0 Å². The SMILES string of the molecule is CC(C)OC(=O)c1ccc(NC(=O)N2CC(c3ccccc3)C(c3ccccc3)=N2)cc1. The number of rotatable bonds is 5. The van der Waals surface area contributed by atoms with Crippen molar-refractivity contribution in [2.75, 3.05) is 11.9 Å². The Bertz CT molecular complexity index is 1110. The third-order valence-electron chi connectivity index (χ3n) is 5.13. The largest absolute Gasteiger partial charge is 0.459 e. The Morgan fingerprint density at radius 2 is 1.56 bits per heavy atom. The maximum absolute atomic E-state index is 12.9. The molecule has 0 bridgehead atoms. The Hall–Kier alpha value is -3.93. The van der Waals surface area contributed by atoms with Gasteiger partial charge in [0.15, 0.2) is 0 Å². The van der Waals surface area contributed by atoms with E-state index in [4.69, 9.17) is 4.74 Å². The van der Waals surface area contributed by atoms with E-state index in [-0.39, 0.29) is 24.0 Å². The number of carbonyl (C=O) groups is 2. The second-order valence-corrected chi connectivity index (χ2v) is 7.86. The zero-order valence-corrected chi connectivity index (χ0v) is 18.1. The summed E-state index contributed by atoms with van der Waals surface area (Å²) in [5, 5.41) is 8.98. The van der Waals surface area contributed by atoms with Crippen molar-refractivity contribution in [2.45, 2.75) is 25.9 Å². The van der Waals surface area contributed by atoms with E-state index >= 15 is 0 Å². The second-order valence-electron chi connectivity index (χ2n) is 7.86. The third kappa shape index (κ3) is 4.86. The minimum absolute atomic E-state index is 0.0162. The Kier molecular flexibility index (Phi) is 6.31. The van der Waals surface area contributed by atoms with Gasteiger partial charge < -0.3 is 10.1 Å². The number of ether oxygens (including phenoxy) is 1. The first-order valence-corrected chi connectivity index (χ1v) is 10.6. The molecule has 0 aromatic heterocycles. The van der Waals surface area contributed by atoms with Crippen LogP contribution in [0.2, 0.25) is 0 Å². The van der Waals surface area contributed by atoms with Crippen LogP contribution in [-0.4, -0.2) is 35.4 Å². The Labute approximate surface area is 187 Å². The standard InChI is InChI=1S/C26H25N3O3/c1-18(2)32-25(30)21-13-15-22(16-14-21)27-26(31)29-17-23(19-9-5-3-6-10-19)24(28-29)20-11-7-4-8-12-20/h3-16,18,23H,17H2,1-2H3,(H,27,31). The Morgan fingerprint density at radius 1 is 0.938 bits per heavy atom. The number of hydrogen-bond acceptors (Lipinski definition) is 4. The van der Waals surface area contributed by atoms with Crippen molar-refractivity contribution in [3.05, 3.63) is 102 Å². The number of hydrogen-bond donors (Lipinski definition) is 1. The number of amides is 2.